The number of likely N-dealkylation sites (N-methyl/N-ethyl adjacent to an activating group) is 1. The van der Waals surface area contributed by atoms with Crippen molar-refractivity contribution in [2.75, 3.05) is 25.4 Å². The quantitative estimate of drug-likeness (QED) is 0.537. The van der Waals surface area contributed by atoms with Gasteiger partial charge in [-0.1, -0.05) is 25.1 Å². The summed E-state index contributed by atoms with van der Waals surface area (Å²) < 4.78 is 0. The van der Waals surface area contributed by atoms with Crippen LogP contribution in [0.2, 0.25) is 0 Å². The summed E-state index contributed by atoms with van der Waals surface area (Å²) >= 11 is 1.90. The lowest BCUT2D eigenvalue weighted by Crippen LogP contribution is -2.37. The Morgan fingerprint density at radius 1 is 1.25 bits per heavy atom. The number of nitrogens with one attached hydrogen (secondary N) is 2. The molecule has 3 heteroatoms. The van der Waals surface area contributed by atoms with Crippen LogP contribution in [0.25, 0.3) is 0 Å². The van der Waals surface area contributed by atoms with Gasteiger partial charge < -0.3 is 10.6 Å². The Balaban J connectivity index is 2.03. The Bertz CT molecular complexity index is 264. The Hall–Kier alpha value is -0.510. The zero-order valence-corrected chi connectivity index (χ0v) is 11.0. The van der Waals surface area contributed by atoms with Crippen molar-refractivity contribution in [3.63, 3.8) is 0 Å². The highest BCUT2D eigenvalue weighted by Crippen LogP contribution is 2.15. The van der Waals surface area contributed by atoms with Crippen molar-refractivity contribution in [2.45, 2.75) is 24.8 Å². The highest BCUT2D eigenvalue weighted by molar-refractivity contribution is 7.99. The molecule has 1 atom stereocenters. The summed E-state index contributed by atoms with van der Waals surface area (Å²) in [5.41, 5.74) is 0. The molecule has 1 unspecified atom stereocenters. The molecule has 0 fully saturated rings. The van der Waals surface area contributed by atoms with Crippen LogP contribution in [0.4, 0.5) is 0 Å². The van der Waals surface area contributed by atoms with Gasteiger partial charge in [0.05, 0.1) is 0 Å². The molecule has 1 aromatic carbocycles. The maximum atomic E-state index is 3.50. The Morgan fingerprint density at radius 3 is 2.69 bits per heavy atom. The smallest absolute Gasteiger partial charge is 0.0164 e. The first-order valence-electron chi connectivity index (χ1n) is 5.95. The number of benzene rings is 1. The minimum absolute atomic E-state index is 0.552. The molecule has 0 aliphatic rings. The van der Waals surface area contributed by atoms with E-state index < -0.39 is 0 Å². The van der Waals surface area contributed by atoms with Crippen LogP contribution in [-0.4, -0.2) is 31.4 Å². The highest BCUT2D eigenvalue weighted by atomic mass is 32.2. The topological polar surface area (TPSA) is 24.1 Å². The molecule has 0 aliphatic carbocycles. The van der Waals surface area contributed by atoms with Crippen molar-refractivity contribution in [3.8, 4) is 0 Å². The van der Waals surface area contributed by atoms with E-state index in [0.717, 1.165) is 25.4 Å². The van der Waals surface area contributed by atoms with E-state index in [9.17, 15) is 0 Å². The third kappa shape index (κ3) is 6.16. The van der Waals surface area contributed by atoms with Crippen LogP contribution >= 0.6 is 11.8 Å². The van der Waals surface area contributed by atoms with Gasteiger partial charge in [0.25, 0.3) is 0 Å². The predicted octanol–water partition coefficient (Wildman–Crippen LogP) is 2.37. The fraction of sp³-hybridized carbons (Fsp3) is 0.538. The van der Waals surface area contributed by atoms with Crippen molar-refractivity contribution in [1.82, 2.24) is 10.6 Å². The number of hydrogen-bond acceptors (Lipinski definition) is 3. The summed E-state index contributed by atoms with van der Waals surface area (Å²) in [6.45, 7) is 7.51. The van der Waals surface area contributed by atoms with Crippen LogP contribution in [0.15, 0.2) is 35.2 Å². The molecule has 0 heterocycles. The first-order valence-corrected chi connectivity index (χ1v) is 6.93. The van der Waals surface area contributed by atoms with Gasteiger partial charge in [0.15, 0.2) is 0 Å². The second-order valence-corrected chi connectivity index (χ2v) is 4.99. The minimum atomic E-state index is 0.552. The van der Waals surface area contributed by atoms with E-state index in [4.69, 9.17) is 0 Å². The summed E-state index contributed by atoms with van der Waals surface area (Å²) in [5, 5.41) is 6.84. The van der Waals surface area contributed by atoms with Crippen LogP contribution in [0.1, 0.15) is 13.8 Å². The first kappa shape index (κ1) is 13.6. The molecule has 2 nitrogen and oxygen atoms in total. The summed E-state index contributed by atoms with van der Waals surface area (Å²) in [5.74, 6) is 1.13. The maximum absolute atomic E-state index is 3.50. The van der Waals surface area contributed by atoms with Crippen LogP contribution in [-0.2, 0) is 0 Å². The van der Waals surface area contributed by atoms with Gasteiger partial charge in [0.2, 0.25) is 0 Å². The van der Waals surface area contributed by atoms with E-state index in [1.165, 1.54) is 4.90 Å². The Kier molecular flexibility index (Phi) is 7.30. The van der Waals surface area contributed by atoms with E-state index >= 15 is 0 Å². The van der Waals surface area contributed by atoms with Gasteiger partial charge in [-0.15, -0.1) is 11.8 Å². The zero-order chi connectivity index (χ0) is 11.6. The molecule has 0 saturated carbocycles. The molecular weight excluding hydrogens is 216 g/mol. The zero-order valence-electron chi connectivity index (χ0n) is 10.2. The average molecular weight is 238 g/mol. The molecule has 1 rings (SSSR count). The van der Waals surface area contributed by atoms with E-state index in [1.54, 1.807) is 0 Å². The third-order valence-electron chi connectivity index (χ3n) is 2.31. The molecule has 0 bridgehead atoms. The summed E-state index contributed by atoms with van der Waals surface area (Å²) in [4.78, 5) is 1.35. The fourth-order valence-electron chi connectivity index (χ4n) is 1.42. The lowest BCUT2D eigenvalue weighted by molar-refractivity contribution is 0.525. The Morgan fingerprint density at radius 2 is 2.00 bits per heavy atom. The molecule has 0 saturated heterocycles. The maximum Gasteiger partial charge on any atom is 0.0164 e. The molecule has 90 valence electrons. The summed E-state index contributed by atoms with van der Waals surface area (Å²) in [7, 11) is 0. The van der Waals surface area contributed by atoms with Gasteiger partial charge in [-0.3, -0.25) is 0 Å². The summed E-state index contributed by atoms with van der Waals surface area (Å²) in [6.07, 6.45) is 0. The SMILES string of the molecule is CCNCC(C)NCCSc1ccccc1. The second kappa shape index (κ2) is 8.62. The first-order chi connectivity index (χ1) is 7.83. The van der Waals surface area contributed by atoms with Crippen LogP contribution in [0, 0.1) is 0 Å². The predicted molar refractivity (Wildman–Crippen MR) is 73.2 cm³/mol. The monoisotopic (exact) mass is 238 g/mol. The molecule has 0 spiro atoms. The van der Waals surface area contributed by atoms with Crippen molar-refractivity contribution in [1.29, 1.82) is 0 Å². The number of hydrogen-bond donors (Lipinski definition) is 2. The number of thioether (sulfide) groups is 1. The molecular formula is C13H22N2S. The van der Waals surface area contributed by atoms with E-state index in [0.29, 0.717) is 6.04 Å². The molecule has 0 radical (unpaired) electrons. The van der Waals surface area contributed by atoms with Gasteiger partial charge in [0.1, 0.15) is 0 Å². The minimum Gasteiger partial charge on any atom is -0.315 e. The molecule has 16 heavy (non-hydrogen) atoms. The van der Waals surface area contributed by atoms with Gasteiger partial charge in [-0.05, 0) is 25.6 Å². The number of rotatable bonds is 8. The van der Waals surface area contributed by atoms with Crippen molar-refractivity contribution < 1.29 is 0 Å². The normalized spacial score (nSPS) is 12.6. The van der Waals surface area contributed by atoms with Crippen molar-refractivity contribution in [2.24, 2.45) is 0 Å². The van der Waals surface area contributed by atoms with Gasteiger partial charge >= 0.3 is 0 Å². The van der Waals surface area contributed by atoms with Crippen molar-refractivity contribution in [3.05, 3.63) is 30.3 Å². The summed E-state index contributed by atoms with van der Waals surface area (Å²) in [6, 6.07) is 11.1. The standard InChI is InChI=1S/C13H22N2S/c1-3-14-11-12(2)15-9-10-16-13-7-5-4-6-8-13/h4-8,12,14-15H,3,9-11H2,1-2H3. The van der Waals surface area contributed by atoms with Crippen LogP contribution < -0.4 is 10.6 Å². The van der Waals surface area contributed by atoms with Gasteiger partial charge in [-0.2, -0.15) is 0 Å². The van der Waals surface area contributed by atoms with E-state index in [2.05, 4.69) is 54.8 Å². The van der Waals surface area contributed by atoms with E-state index in [1.807, 2.05) is 11.8 Å². The van der Waals surface area contributed by atoms with Gasteiger partial charge in [0, 0.05) is 29.8 Å². The van der Waals surface area contributed by atoms with Crippen LogP contribution in [0.3, 0.4) is 0 Å². The van der Waals surface area contributed by atoms with E-state index in [-0.39, 0.29) is 0 Å². The molecule has 1 aromatic rings. The molecule has 2 N–H and O–H groups in total. The lowest BCUT2D eigenvalue weighted by Gasteiger charge is -2.13. The molecule has 0 amide bonds. The molecule has 0 aliphatic heterocycles. The lowest BCUT2D eigenvalue weighted by atomic mass is 10.3. The Labute approximate surface area is 103 Å². The average Bonchev–Trinajstić information content (AvgIpc) is 2.33. The van der Waals surface area contributed by atoms with Gasteiger partial charge in [-0.25, -0.2) is 0 Å². The third-order valence-corrected chi connectivity index (χ3v) is 3.32. The fourth-order valence-corrected chi connectivity index (χ4v) is 2.23. The highest BCUT2D eigenvalue weighted by Gasteiger charge is 1.99. The van der Waals surface area contributed by atoms with Crippen LogP contribution in [0.5, 0.6) is 0 Å². The van der Waals surface area contributed by atoms with Crippen molar-refractivity contribution >= 4 is 11.8 Å². The largest absolute Gasteiger partial charge is 0.315 e. The molecule has 0 aromatic heterocycles. The second-order valence-electron chi connectivity index (χ2n) is 3.82.